The van der Waals surface area contributed by atoms with E-state index in [0.29, 0.717) is 12.2 Å². The molecule has 0 saturated carbocycles. The van der Waals surface area contributed by atoms with Crippen molar-refractivity contribution < 1.29 is 0 Å². The number of aryl methyl sites for hydroxylation is 1. The van der Waals surface area contributed by atoms with Gasteiger partial charge in [0.1, 0.15) is 0 Å². The molecular weight excluding hydrogens is 266 g/mol. The van der Waals surface area contributed by atoms with Crippen LogP contribution in [0.4, 0.5) is 5.69 Å². The van der Waals surface area contributed by atoms with Crippen LogP contribution < -0.4 is 4.90 Å². The van der Waals surface area contributed by atoms with E-state index in [1.165, 1.54) is 11.1 Å². The third-order valence-corrected chi connectivity index (χ3v) is 3.33. The van der Waals surface area contributed by atoms with Gasteiger partial charge in [0.2, 0.25) is 0 Å². The van der Waals surface area contributed by atoms with Crippen LogP contribution in [0.5, 0.6) is 0 Å². The van der Waals surface area contributed by atoms with Gasteiger partial charge in [-0.2, -0.15) is 10.3 Å². The normalized spacial score (nSPS) is 10.8. The molecule has 0 spiro atoms. The minimum atomic E-state index is 0.690. The SMILES string of the molecule is CN(Cc1ccc(Cc2nn[nH]n2)cc1)c1cnn(C)c1. The van der Waals surface area contributed by atoms with E-state index in [0.717, 1.165) is 12.2 Å². The molecule has 0 unspecified atom stereocenters. The molecule has 7 nitrogen and oxygen atoms in total. The highest BCUT2D eigenvalue weighted by Crippen LogP contribution is 2.15. The van der Waals surface area contributed by atoms with Gasteiger partial charge in [0.25, 0.3) is 0 Å². The van der Waals surface area contributed by atoms with Crippen LogP contribution in [0, 0.1) is 0 Å². The molecule has 108 valence electrons. The first kappa shape index (κ1) is 13.3. The van der Waals surface area contributed by atoms with E-state index in [1.54, 1.807) is 4.68 Å². The van der Waals surface area contributed by atoms with Gasteiger partial charge in [0, 0.05) is 33.3 Å². The molecule has 0 fully saturated rings. The molecule has 2 heterocycles. The van der Waals surface area contributed by atoms with Crippen LogP contribution >= 0.6 is 0 Å². The van der Waals surface area contributed by atoms with E-state index >= 15 is 0 Å². The lowest BCUT2D eigenvalue weighted by Crippen LogP contribution is -2.15. The second kappa shape index (κ2) is 5.74. The average Bonchev–Trinajstić information content (AvgIpc) is 3.12. The fourth-order valence-corrected chi connectivity index (χ4v) is 2.17. The van der Waals surface area contributed by atoms with E-state index < -0.39 is 0 Å². The Morgan fingerprint density at radius 2 is 1.95 bits per heavy atom. The highest BCUT2D eigenvalue weighted by Gasteiger charge is 2.05. The molecule has 0 saturated heterocycles. The van der Waals surface area contributed by atoms with E-state index in [-0.39, 0.29) is 0 Å². The Bertz CT molecular complexity index is 684. The van der Waals surface area contributed by atoms with Gasteiger partial charge in [-0.1, -0.05) is 29.5 Å². The number of nitrogens with zero attached hydrogens (tertiary/aromatic N) is 6. The van der Waals surface area contributed by atoms with Gasteiger partial charge >= 0.3 is 0 Å². The fourth-order valence-electron chi connectivity index (χ4n) is 2.17. The van der Waals surface area contributed by atoms with Gasteiger partial charge in [-0.05, 0) is 11.1 Å². The van der Waals surface area contributed by atoms with Gasteiger partial charge in [0.15, 0.2) is 5.82 Å². The smallest absolute Gasteiger partial charge is 0.178 e. The van der Waals surface area contributed by atoms with Crippen LogP contribution in [0.3, 0.4) is 0 Å². The number of anilines is 1. The van der Waals surface area contributed by atoms with Gasteiger partial charge in [-0.15, -0.1) is 10.2 Å². The Balaban J connectivity index is 1.64. The third-order valence-electron chi connectivity index (χ3n) is 3.33. The van der Waals surface area contributed by atoms with Crippen molar-refractivity contribution in [1.29, 1.82) is 0 Å². The molecule has 0 aliphatic carbocycles. The molecule has 21 heavy (non-hydrogen) atoms. The number of tetrazole rings is 1. The van der Waals surface area contributed by atoms with E-state index in [1.807, 2.05) is 19.4 Å². The number of nitrogens with one attached hydrogen (secondary N) is 1. The number of aromatic amines is 1. The number of benzene rings is 1. The summed E-state index contributed by atoms with van der Waals surface area (Å²) >= 11 is 0. The largest absolute Gasteiger partial charge is 0.368 e. The molecule has 1 N–H and O–H groups in total. The first-order valence-corrected chi connectivity index (χ1v) is 6.70. The summed E-state index contributed by atoms with van der Waals surface area (Å²) in [6, 6.07) is 8.45. The van der Waals surface area contributed by atoms with E-state index in [2.05, 4.69) is 61.9 Å². The maximum absolute atomic E-state index is 4.19. The quantitative estimate of drug-likeness (QED) is 0.760. The van der Waals surface area contributed by atoms with Crippen LogP contribution in [0.1, 0.15) is 17.0 Å². The van der Waals surface area contributed by atoms with Crippen molar-refractivity contribution in [2.75, 3.05) is 11.9 Å². The molecule has 0 aliphatic heterocycles. The minimum absolute atomic E-state index is 0.690. The highest BCUT2D eigenvalue weighted by atomic mass is 15.5. The third kappa shape index (κ3) is 3.25. The Labute approximate surface area is 122 Å². The zero-order valence-electron chi connectivity index (χ0n) is 12.1. The molecule has 0 amide bonds. The summed E-state index contributed by atoms with van der Waals surface area (Å²) in [6.07, 6.45) is 4.56. The number of hydrogen-bond acceptors (Lipinski definition) is 5. The number of aromatic nitrogens is 6. The lowest BCUT2D eigenvalue weighted by atomic mass is 10.1. The molecule has 3 rings (SSSR count). The summed E-state index contributed by atoms with van der Waals surface area (Å²) in [5.74, 6) is 0.704. The molecular formula is C14H17N7. The lowest BCUT2D eigenvalue weighted by molar-refractivity contribution is 0.767. The molecule has 7 heteroatoms. The topological polar surface area (TPSA) is 75.5 Å². The van der Waals surface area contributed by atoms with Gasteiger partial charge in [0.05, 0.1) is 11.9 Å². The zero-order valence-corrected chi connectivity index (χ0v) is 12.1. The number of rotatable bonds is 5. The Hall–Kier alpha value is -2.70. The first-order chi connectivity index (χ1) is 10.2. The summed E-state index contributed by atoms with van der Waals surface area (Å²) < 4.78 is 1.81. The summed E-state index contributed by atoms with van der Waals surface area (Å²) in [6.45, 7) is 0.841. The Kier molecular flexibility index (Phi) is 3.63. The van der Waals surface area contributed by atoms with Crippen molar-refractivity contribution in [3.05, 3.63) is 53.6 Å². The van der Waals surface area contributed by atoms with E-state index in [4.69, 9.17) is 0 Å². The second-order valence-electron chi connectivity index (χ2n) is 5.05. The predicted octanol–water partition coefficient (Wildman–Crippen LogP) is 1.16. The van der Waals surface area contributed by atoms with Crippen molar-refractivity contribution in [3.8, 4) is 0 Å². The van der Waals surface area contributed by atoms with Crippen LogP contribution in [0.15, 0.2) is 36.7 Å². The highest BCUT2D eigenvalue weighted by molar-refractivity contribution is 5.42. The lowest BCUT2D eigenvalue weighted by Gasteiger charge is -2.17. The van der Waals surface area contributed by atoms with Crippen molar-refractivity contribution in [3.63, 3.8) is 0 Å². The predicted molar refractivity (Wildman–Crippen MR) is 78.7 cm³/mol. The Morgan fingerprint density at radius 3 is 2.57 bits per heavy atom. The minimum Gasteiger partial charge on any atom is -0.368 e. The van der Waals surface area contributed by atoms with Gasteiger partial charge < -0.3 is 4.90 Å². The summed E-state index contributed by atoms with van der Waals surface area (Å²) in [7, 11) is 3.98. The number of hydrogen-bond donors (Lipinski definition) is 1. The van der Waals surface area contributed by atoms with Crippen molar-refractivity contribution >= 4 is 5.69 Å². The molecule has 3 aromatic rings. The zero-order chi connectivity index (χ0) is 14.7. The van der Waals surface area contributed by atoms with Crippen molar-refractivity contribution in [1.82, 2.24) is 30.4 Å². The second-order valence-corrected chi connectivity index (χ2v) is 5.05. The standard InChI is InChI=1S/C14H17N7/c1-20(13-8-15-21(2)10-13)9-12-5-3-11(4-6-12)7-14-16-18-19-17-14/h3-6,8,10H,7,9H2,1-2H3,(H,16,17,18,19). The fraction of sp³-hybridized carbons (Fsp3) is 0.286. The molecule has 2 aromatic heterocycles. The van der Waals surface area contributed by atoms with Gasteiger partial charge in [-0.25, -0.2) is 0 Å². The van der Waals surface area contributed by atoms with Crippen LogP contribution in [0.2, 0.25) is 0 Å². The molecule has 0 bridgehead atoms. The van der Waals surface area contributed by atoms with E-state index in [9.17, 15) is 0 Å². The molecule has 0 atom stereocenters. The maximum atomic E-state index is 4.19. The Morgan fingerprint density at radius 1 is 1.19 bits per heavy atom. The number of H-pyrrole nitrogens is 1. The monoisotopic (exact) mass is 283 g/mol. The van der Waals surface area contributed by atoms with Crippen LogP contribution in [-0.4, -0.2) is 37.5 Å². The summed E-state index contributed by atoms with van der Waals surface area (Å²) in [5, 5.41) is 18.1. The molecule has 0 radical (unpaired) electrons. The average molecular weight is 283 g/mol. The van der Waals surface area contributed by atoms with Crippen molar-refractivity contribution in [2.24, 2.45) is 7.05 Å². The van der Waals surface area contributed by atoms with Crippen LogP contribution in [0.25, 0.3) is 0 Å². The first-order valence-electron chi connectivity index (χ1n) is 6.70. The summed E-state index contributed by atoms with van der Waals surface area (Å²) in [5.41, 5.74) is 3.52. The van der Waals surface area contributed by atoms with Crippen molar-refractivity contribution in [2.45, 2.75) is 13.0 Å². The molecule has 0 aliphatic rings. The maximum Gasteiger partial charge on any atom is 0.178 e. The summed E-state index contributed by atoms with van der Waals surface area (Å²) in [4.78, 5) is 2.17. The van der Waals surface area contributed by atoms with Gasteiger partial charge in [-0.3, -0.25) is 4.68 Å². The van der Waals surface area contributed by atoms with Crippen LogP contribution in [-0.2, 0) is 20.0 Å². The molecule has 1 aromatic carbocycles.